The molecule has 1 N–H and O–H groups in total. The Labute approximate surface area is 76.8 Å². The molecule has 1 aromatic carbocycles. The minimum Gasteiger partial charge on any atom is -0.464 e. The van der Waals surface area contributed by atoms with E-state index in [2.05, 4.69) is 0 Å². The van der Waals surface area contributed by atoms with Gasteiger partial charge < -0.3 is 9.52 Å². The molecule has 0 saturated heterocycles. The van der Waals surface area contributed by atoms with Crippen LogP contribution < -0.4 is 0 Å². The number of furan rings is 1. The van der Waals surface area contributed by atoms with Crippen LogP contribution in [0.3, 0.4) is 0 Å². The Hall–Kier alpha value is -1.28. The van der Waals surface area contributed by atoms with Gasteiger partial charge in [0, 0.05) is 5.39 Å². The van der Waals surface area contributed by atoms with Crippen LogP contribution >= 0.6 is 0 Å². The van der Waals surface area contributed by atoms with Crippen molar-refractivity contribution in [3.63, 3.8) is 0 Å². The van der Waals surface area contributed by atoms with E-state index in [-0.39, 0.29) is 6.10 Å². The quantitative estimate of drug-likeness (QED) is 0.762. The summed E-state index contributed by atoms with van der Waals surface area (Å²) in [7, 11) is 0. The number of benzene rings is 1. The van der Waals surface area contributed by atoms with Crippen LogP contribution in [0.1, 0.15) is 12.5 Å². The Morgan fingerprint density at radius 3 is 3.00 bits per heavy atom. The molecule has 2 nitrogen and oxygen atoms in total. The fourth-order valence-corrected chi connectivity index (χ4v) is 1.48. The van der Waals surface area contributed by atoms with Crippen LogP contribution in [0.25, 0.3) is 11.0 Å². The van der Waals surface area contributed by atoms with Gasteiger partial charge in [-0.05, 0) is 37.1 Å². The summed E-state index contributed by atoms with van der Waals surface area (Å²) >= 11 is 0. The Morgan fingerprint density at radius 1 is 1.38 bits per heavy atom. The molecule has 0 radical (unpaired) electrons. The number of hydrogen-bond donors (Lipinski definition) is 1. The van der Waals surface area contributed by atoms with Crippen LogP contribution in [0.5, 0.6) is 0 Å². The van der Waals surface area contributed by atoms with Crippen molar-refractivity contribution in [2.75, 3.05) is 0 Å². The first kappa shape index (κ1) is 8.32. The zero-order chi connectivity index (χ0) is 9.26. The average molecular weight is 176 g/mol. The number of aliphatic hydroxyl groups is 1. The third-order valence-electron chi connectivity index (χ3n) is 2.05. The fraction of sp³-hybridized carbons (Fsp3) is 0.273. The summed E-state index contributed by atoms with van der Waals surface area (Å²) in [5.41, 5.74) is 2.04. The van der Waals surface area contributed by atoms with Crippen molar-refractivity contribution < 1.29 is 9.52 Å². The Morgan fingerprint density at radius 2 is 2.23 bits per heavy atom. The molecule has 1 aromatic heterocycles. The van der Waals surface area contributed by atoms with E-state index >= 15 is 0 Å². The Bertz CT molecular complexity index is 401. The van der Waals surface area contributed by atoms with Gasteiger partial charge in [0.05, 0.1) is 12.4 Å². The van der Waals surface area contributed by atoms with Crippen molar-refractivity contribution in [2.24, 2.45) is 0 Å². The lowest BCUT2D eigenvalue weighted by Gasteiger charge is -2.03. The summed E-state index contributed by atoms with van der Waals surface area (Å²) in [6.45, 7) is 1.79. The lowest BCUT2D eigenvalue weighted by Crippen LogP contribution is -2.03. The van der Waals surface area contributed by atoms with Crippen LogP contribution in [-0.4, -0.2) is 11.2 Å². The third kappa shape index (κ3) is 1.73. The van der Waals surface area contributed by atoms with Crippen LogP contribution in [-0.2, 0) is 6.42 Å². The van der Waals surface area contributed by atoms with Crippen LogP contribution in [0.2, 0.25) is 0 Å². The SMILES string of the molecule is CC(O)Cc1ccc2occc2c1. The highest BCUT2D eigenvalue weighted by atomic mass is 16.3. The van der Waals surface area contributed by atoms with Gasteiger partial charge in [-0.15, -0.1) is 0 Å². The molecule has 1 unspecified atom stereocenters. The molecule has 0 fully saturated rings. The van der Waals surface area contributed by atoms with E-state index in [0.717, 1.165) is 16.5 Å². The second-order valence-corrected chi connectivity index (χ2v) is 3.35. The highest BCUT2D eigenvalue weighted by molar-refractivity contribution is 5.77. The number of rotatable bonds is 2. The maximum atomic E-state index is 9.21. The van der Waals surface area contributed by atoms with Crippen LogP contribution in [0.15, 0.2) is 34.9 Å². The van der Waals surface area contributed by atoms with Crippen molar-refractivity contribution in [3.8, 4) is 0 Å². The highest BCUT2D eigenvalue weighted by Crippen LogP contribution is 2.17. The van der Waals surface area contributed by atoms with E-state index in [1.807, 2.05) is 24.3 Å². The fourth-order valence-electron chi connectivity index (χ4n) is 1.48. The van der Waals surface area contributed by atoms with Gasteiger partial charge in [0.15, 0.2) is 0 Å². The molecule has 13 heavy (non-hydrogen) atoms. The summed E-state index contributed by atoms with van der Waals surface area (Å²) in [6.07, 6.45) is 2.09. The molecular weight excluding hydrogens is 164 g/mol. The van der Waals surface area contributed by atoms with E-state index in [0.29, 0.717) is 6.42 Å². The number of aliphatic hydroxyl groups excluding tert-OH is 1. The molecule has 0 saturated carbocycles. The van der Waals surface area contributed by atoms with E-state index < -0.39 is 0 Å². The zero-order valence-corrected chi connectivity index (χ0v) is 7.53. The van der Waals surface area contributed by atoms with Crippen LogP contribution in [0.4, 0.5) is 0 Å². The Balaban J connectivity index is 2.37. The summed E-state index contributed by atoms with van der Waals surface area (Å²) in [4.78, 5) is 0. The summed E-state index contributed by atoms with van der Waals surface area (Å²) < 4.78 is 5.22. The van der Waals surface area contributed by atoms with Crippen molar-refractivity contribution >= 4 is 11.0 Å². The molecule has 0 aliphatic carbocycles. The normalized spacial score (nSPS) is 13.4. The van der Waals surface area contributed by atoms with E-state index in [9.17, 15) is 5.11 Å². The standard InChI is InChI=1S/C11H12O2/c1-8(12)6-9-2-3-11-10(7-9)4-5-13-11/h2-5,7-8,12H,6H2,1H3. The van der Waals surface area contributed by atoms with Crippen molar-refractivity contribution in [1.29, 1.82) is 0 Å². The van der Waals surface area contributed by atoms with Gasteiger partial charge in [0.25, 0.3) is 0 Å². The largest absolute Gasteiger partial charge is 0.464 e. The van der Waals surface area contributed by atoms with E-state index in [1.54, 1.807) is 13.2 Å². The lowest BCUT2D eigenvalue weighted by molar-refractivity contribution is 0.195. The maximum absolute atomic E-state index is 9.21. The van der Waals surface area contributed by atoms with Gasteiger partial charge in [0.1, 0.15) is 5.58 Å². The van der Waals surface area contributed by atoms with E-state index in [1.165, 1.54) is 0 Å². The minimum absolute atomic E-state index is 0.288. The minimum atomic E-state index is -0.288. The molecule has 0 aliphatic heterocycles. The predicted molar refractivity (Wildman–Crippen MR) is 51.6 cm³/mol. The Kier molecular flexibility index (Phi) is 2.07. The average Bonchev–Trinajstić information content (AvgIpc) is 2.49. The first-order valence-electron chi connectivity index (χ1n) is 4.40. The zero-order valence-electron chi connectivity index (χ0n) is 7.53. The van der Waals surface area contributed by atoms with Crippen molar-refractivity contribution in [1.82, 2.24) is 0 Å². The molecule has 0 spiro atoms. The van der Waals surface area contributed by atoms with Crippen molar-refractivity contribution in [2.45, 2.75) is 19.4 Å². The molecule has 1 atom stereocenters. The van der Waals surface area contributed by atoms with Crippen molar-refractivity contribution in [3.05, 3.63) is 36.1 Å². The molecule has 0 amide bonds. The highest BCUT2D eigenvalue weighted by Gasteiger charge is 2.01. The maximum Gasteiger partial charge on any atom is 0.133 e. The molecule has 1 heterocycles. The molecule has 2 rings (SSSR count). The molecule has 0 bridgehead atoms. The van der Waals surface area contributed by atoms with Gasteiger partial charge in [-0.1, -0.05) is 6.07 Å². The monoisotopic (exact) mass is 176 g/mol. The smallest absolute Gasteiger partial charge is 0.133 e. The summed E-state index contributed by atoms with van der Waals surface area (Å²) in [5, 5.41) is 10.3. The molecule has 2 heteroatoms. The van der Waals surface area contributed by atoms with Gasteiger partial charge in [0.2, 0.25) is 0 Å². The molecule has 0 aliphatic rings. The second kappa shape index (κ2) is 3.23. The first-order chi connectivity index (χ1) is 6.25. The molecule has 68 valence electrons. The number of hydrogen-bond acceptors (Lipinski definition) is 2. The van der Waals surface area contributed by atoms with E-state index in [4.69, 9.17) is 4.42 Å². The van der Waals surface area contributed by atoms with Gasteiger partial charge in [-0.3, -0.25) is 0 Å². The third-order valence-corrected chi connectivity index (χ3v) is 2.05. The van der Waals surface area contributed by atoms with Crippen LogP contribution in [0, 0.1) is 0 Å². The van der Waals surface area contributed by atoms with Gasteiger partial charge in [-0.25, -0.2) is 0 Å². The summed E-state index contributed by atoms with van der Waals surface area (Å²) in [6, 6.07) is 7.90. The lowest BCUT2D eigenvalue weighted by atomic mass is 10.1. The topological polar surface area (TPSA) is 33.4 Å². The van der Waals surface area contributed by atoms with Gasteiger partial charge in [-0.2, -0.15) is 0 Å². The second-order valence-electron chi connectivity index (χ2n) is 3.35. The van der Waals surface area contributed by atoms with Gasteiger partial charge >= 0.3 is 0 Å². The summed E-state index contributed by atoms with van der Waals surface area (Å²) in [5.74, 6) is 0. The number of fused-ring (bicyclic) bond motifs is 1. The predicted octanol–water partition coefficient (Wildman–Crippen LogP) is 2.36. The molecule has 2 aromatic rings. The first-order valence-corrected chi connectivity index (χ1v) is 4.40. The molecular formula is C11H12O2.